The number of carbonyl (C=O) groups excluding carboxylic acids is 1. The second-order valence-corrected chi connectivity index (χ2v) is 6.72. The van der Waals surface area contributed by atoms with Crippen LogP contribution in [0.5, 0.6) is 0 Å². The summed E-state index contributed by atoms with van der Waals surface area (Å²) in [6.45, 7) is 6.21. The summed E-state index contributed by atoms with van der Waals surface area (Å²) < 4.78 is 43.1. The van der Waals surface area contributed by atoms with Gasteiger partial charge in [-0.2, -0.15) is 13.2 Å². The summed E-state index contributed by atoms with van der Waals surface area (Å²) >= 11 is 0. The summed E-state index contributed by atoms with van der Waals surface area (Å²) in [6, 6.07) is 0.694. The van der Waals surface area contributed by atoms with Crippen molar-refractivity contribution in [3.8, 4) is 0 Å². The number of alkyl halides is 3. The molecule has 1 atom stereocenters. The monoisotopic (exact) mass is 346 g/mol. The maximum atomic E-state index is 12.6. The number of nitrogens with one attached hydrogen (secondary N) is 1. The lowest BCUT2D eigenvalue weighted by Crippen LogP contribution is -2.36. The number of nitrogens with zero attached hydrogens (tertiary/aromatic N) is 2. The molecule has 1 fully saturated rings. The lowest BCUT2D eigenvalue weighted by Gasteiger charge is -2.24. The van der Waals surface area contributed by atoms with Gasteiger partial charge in [0.05, 0.1) is 11.3 Å². The van der Waals surface area contributed by atoms with Crippen LogP contribution in [0.3, 0.4) is 0 Å². The highest BCUT2D eigenvalue weighted by Crippen LogP contribution is 2.32. The Bertz CT molecular complexity index is 614. The Morgan fingerprint density at radius 3 is 2.62 bits per heavy atom. The Hall–Kier alpha value is -2.19. The van der Waals surface area contributed by atoms with Crippen LogP contribution in [-0.4, -0.2) is 40.7 Å². The van der Waals surface area contributed by atoms with Crippen molar-refractivity contribution in [2.75, 3.05) is 24.1 Å². The molecule has 0 radical (unpaired) electrons. The highest BCUT2D eigenvalue weighted by molar-refractivity contribution is 5.69. The van der Waals surface area contributed by atoms with Gasteiger partial charge >= 0.3 is 12.3 Å². The Morgan fingerprint density at radius 1 is 1.42 bits per heavy atom. The van der Waals surface area contributed by atoms with Crippen molar-refractivity contribution in [1.82, 2.24) is 9.88 Å². The molecule has 24 heavy (non-hydrogen) atoms. The van der Waals surface area contributed by atoms with Gasteiger partial charge in [0, 0.05) is 25.3 Å². The summed E-state index contributed by atoms with van der Waals surface area (Å²) in [5, 5.41) is 2.98. The van der Waals surface area contributed by atoms with Gasteiger partial charge in [-0.1, -0.05) is 0 Å². The molecule has 0 saturated carbocycles. The third kappa shape index (κ3) is 4.65. The number of nitrogen functional groups attached to an aromatic ring is 1. The predicted octanol–water partition coefficient (Wildman–Crippen LogP) is 3.10. The van der Waals surface area contributed by atoms with Gasteiger partial charge in [0.25, 0.3) is 0 Å². The average molecular weight is 346 g/mol. The zero-order valence-corrected chi connectivity index (χ0v) is 13.8. The van der Waals surface area contributed by atoms with Gasteiger partial charge < -0.3 is 20.7 Å². The third-order valence-corrected chi connectivity index (χ3v) is 3.43. The van der Waals surface area contributed by atoms with E-state index in [0.29, 0.717) is 19.5 Å². The van der Waals surface area contributed by atoms with Gasteiger partial charge in [-0.05, 0) is 33.3 Å². The van der Waals surface area contributed by atoms with E-state index in [2.05, 4.69) is 10.3 Å². The number of aromatic nitrogens is 1. The molecule has 3 N–H and O–H groups in total. The van der Waals surface area contributed by atoms with E-state index in [1.54, 1.807) is 25.7 Å². The topological polar surface area (TPSA) is 80.5 Å². The van der Waals surface area contributed by atoms with Crippen LogP contribution in [0.4, 0.5) is 29.5 Å². The molecule has 134 valence electrons. The molecule has 0 aliphatic carbocycles. The molecule has 1 saturated heterocycles. The molecule has 0 unspecified atom stereocenters. The van der Waals surface area contributed by atoms with Crippen molar-refractivity contribution in [2.24, 2.45) is 0 Å². The lowest BCUT2D eigenvalue weighted by molar-refractivity contribution is -0.137. The quantitative estimate of drug-likeness (QED) is 0.860. The smallest absolute Gasteiger partial charge is 0.417 e. The molecule has 1 aromatic rings. The summed E-state index contributed by atoms with van der Waals surface area (Å²) in [4.78, 5) is 17.3. The number of pyridine rings is 1. The molecule has 0 bridgehead atoms. The Labute approximate surface area is 138 Å². The molecule has 2 rings (SSSR count). The van der Waals surface area contributed by atoms with E-state index < -0.39 is 23.4 Å². The minimum Gasteiger partial charge on any atom is -0.444 e. The van der Waals surface area contributed by atoms with E-state index in [-0.39, 0.29) is 17.5 Å². The normalized spacial score (nSPS) is 18.6. The van der Waals surface area contributed by atoms with Crippen molar-refractivity contribution in [2.45, 2.75) is 45.0 Å². The Morgan fingerprint density at radius 2 is 2.08 bits per heavy atom. The predicted molar refractivity (Wildman–Crippen MR) is 83.5 cm³/mol. The van der Waals surface area contributed by atoms with Crippen LogP contribution in [-0.2, 0) is 10.9 Å². The zero-order valence-electron chi connectivity index (χ0n) is 13.8. The highest BCUT2D eigenvalue weighted by Gasteiger charge is 2.33. The minimum atomic E-state index is -4.49. The average Bonchev–Trinajstić information content (AvgIpc) is 2.86. The first-order valence-electron chi connectivity index (χ1n) is 7.53. The molecule has 1 aromatic heterocycles. The van der Waals surface area contributed by atoms with Crippen molar-refractivity contribution in [3.63, 3.8) is 0 Å². The summed E-state index contributed by atoms with van der Waals surface area (Å²) in [6.07, 6.45) is -3.54. The van der Waals surface area contributed by atoms with Gasteiger partial charge in [0.2, 0.25) is 0 Å². The number of hydrogen-bond donors (Lipinski definition) is 2. The first-order valence-corrected chi connectivity index (χ1v) is 7.53. The molecule has 1 amide bonds. The van der Waals surface area contributed by atoms with Crippen molar-refractivity contribution in [3.05, 3.63) is 17.8 Å². The SMILES string of the molecule is CC(C)(C)OC(=O)N1CC[C@H](Nc2ncc(C(F)(F)F)cc2N)C1. The number of anilines is 2. The van der Waals surface area contributed by atoms with Crippen LogP contribution in [0, 0.1) is 0 Å². The largest absolute Gasteiger partial charge is 0.444 e. The number of ether oxygens (including phenoxy) is 1. The van der Waals surface area contributed by atoms with E-state index in [1.807, 2.05) is 0 Å². The number of hydrogen-bond acceptors (Lipinski definition) is 5. The second-order valence-electron chi connectivity index (χ2n) is 6.72. The molecule has 0 aromatic carbocycles. The highest BCUT2D eigenvalue weighted by atomic mass is 19.4. The van der Waals surface area contributed by atoms with Gasteiger partial charge in [-0.15, -0.1) is 0 Å². The minimum absolute atomic E-state index is 0.0828. The van der Waals surface area contributed by atoms with Gasteiger partial charge in [0.1, 0.15) is 11.4 Å². The van der Waals surface area contributed by atoms with E-state index in [9.17, 15) is 18.0 Å². The van der Waals surface area contributed by atoms with Crippen molar-refractivity contribution >= 4 is 17.6 Å². The Kier molecular flexibility index (Phi) is 4.82. The van der Waals surface area contributed by atoms with Gasteiger partial charge in [0.15, 0.2) is 0 Å². The fourth-order valence-electron chi connectivity index (χ4n) is 2.32. The standard InChI is InChI=1S/C15H21F3N4O2/c1-14(2,3)24-13(23)22-5-4-10(8-22)21-12-11(19)6-9(7-20-12)15(16,17)18/h6-7,10H,4-5,8,19H2,1-3H3,(H,20,21)/t10-/m0/s1. The molecule has 1 aliphatic heterocycles. The molecule has 1 aliphatic rings. The fraction of sp³-hybridized carbons (Fsp3) is 0.600. The maximum absolute atomic E-state index is 12.6. The Balaban J connectivity index is 1.97. The van der Waals surface area contributed by atoms with E-state index >= 15 is 0 Å². The number of halogens is 3. The first kappa shape index (κ1) is 18.2. The number of likely N-dealkylation sites (tertiary alicyclic amines) is 1. The van der Waals surface area contributed by atoms with Crippen molar-refractivity contribution in [1.29, 1.82) is 0 Å². The van der Waals surface area contributed by atoms with Crippen LogP contribution in [0.15, 0.2) is 12.3 Å². The van der Waals surface area contributed by atoms with Crippen LogP contribution in [0.25, 0.3) is 0 Å². The maximum Gasteiger partial charge on any atom is 0.417 e. The third-order valence-electron chi connectivity index (χ3n) is 3.43. The second kappa shape index (κ2) is 6.37. The molecule has 2 heterocycles. The fourth-order valence-corrected chi connectivity index (χ4v) is 2.32. The number of rotatable bonds is 2. The summed E-state index contributed by atoms with van der Waals surface area (Å²) in [5.41, 5.74) is 4.08. The molecular weight excluding hydrogens is 325 g/mol. The van der Waals surface area contributed by atoms with E-state index in [1.165, 1.54) is 0 Å². The van der Waals surface area contributed by atoms with E-state index in [0.717, 1.165) is 12.3 Å². The molecule has 0 spiro atoms. The lowest BCUT2D eigenvalue weighted by atomic mass is 10.2. The molecule has 6 nitrogen and oxygen atoms in total. The molecular formula is C15H21F3N4O2. The van der Waals surface area contributed by atoms with Gasteiger partial charge in [-0.3, -0.25) is 0 Å². The van der Waals surface area contributed by atoms with Crippen LogP contribution >= 0.6 is 0 Å². The summed E-state index contributed by atoms with van der Waals surface area (Å²) in [7, 11) is 0. The van der Waals surface area contributed by atoms with Crippen LogP contribution in [0.1, 0.15) is 32.8 Å². The number of amides is 1. The first-order chi connectivity index (χ1) is 11.0. The number of carbonyl (C=O) groups is 1. The van der Waals surface area contributed by atoms with Crippen molar-refractivity contribution < 1.29 is 22.7 Å². The van der Waals surface area contributed by atoms with Gasteiger partial charge in [-0.25, -0.2) is 9.78 Å². The van der Waals surface area contributed by atoms with Crippen LogP contribution in [0.2, 0.25) is 0 Å². The zero-order chi connectivity index (χ0) is 18.1. The summed E-state index contributed by atoms with van der Waals surface area (Å²) in [5.74, 6) is 0.180. The van der Waals surface area contributed by atoms with E-state index in [4.69, 9.17) is 10.5 Å². The molecule has 9 heteroatoms. The van der Waals surface area contributed by atoms with Crippen LogP contribution < -0.4 is 11.1 Å². The number of nitrogens with two attached hydrogens (primary N) is 1.